The maximum absolute atomic E-state index is 5.24. The minimum atomic E-state index is 0.615. The highest BCUT2D eigenvalue weighted by Crippen LogP contribution is 1.83. The summed E-state index contributed by atoms with van der Waals surface area (Å²) >= 11 is 0. The van der Waals surface area contributed by atoms with Crippen LogP contribution < -0.4 is 22.5 Å². The van der Waals surface area contributed by atoms with Crippen LogP contribution in [0.4, 0.5) is 0 Å². The molecule has 0 rings (SSSR count). The zero-order valence-corrected chi connectivity index (χ0v) is 15.6. The monoisotopic (exact) mass is 331 g/mol. The van der Waals surface area contributed by atoms with Crippen molar-refractivity contribution in [2.75, 3.05) is 53.4 Å². The molecule has 0 fully saturated rings. The van der Waals surface area contributed by atoms with Crippen LogP contribution in [0.3, 0.4) is 0 Å². The lowest BCUT2D eigenvalue weighted by Gasteiger charge is -1.93. The minimum Gasteiger partial charge on any atom is -0.330 e. The second kappa shape index (κ2) is 42.8. The first-order valence-corrected chi connectivity index (χ1v) is 8.13. The van der Waals surface area contributed by atoms with Crippen molar-refractivity contribution in [1.82, 2.24) is 5.32 Å². The summed E-state index contributed by atoms with van der Waals surface area (Å²) in [7, 11) is 3.70. The van der Waals surface area contributed by atoms with Crippen molar-refractivity contribution in [3.63, 3.8) is 0 Å². The maximum Gasteiger partial charge on any atom is 0.0504 e. The van der Waals surface area contributed by atoms with E-state index in [1.54, 1.807) is 13.3 Å². The van der Waals surface area contributed by atoms with Gasteiger partial charge < -0.3 is 32.5 Å². The largest absolute Gasteiger partial charge is 0.330 e. The van der Waals surface area contributed by atoms with Crippen LogP contribution in [0.25, 0.3) is 0 Å². The molecule has 0 unspecified atom stereocenters. The molecule has 0 spiro atoms. The second-order valence-corrected chi connectivity index (χ2v) is 4.29. The van der Waals surface area contributed by atoms with Gasteiger partial charge in [-0.25, -0.2) is 0 Å². The first-order chi connectivity index (χ1) is 11.2. The molecule has 0 aliphatic rings. The zero-order valence-electron chi connectivity index (χ0n) is 15.6. The van der Waals surface area contributed by atoms with E-state index in [9.17, 15) is 0 Å². The van der Waals surface area contributed by atoms with Crippen LogP contribution >= 0.6 is 0 Å². The van der Waals surface area contributed by atoms with Gasteiger partial charge in [-0.2, -0.15) is 0 Å². The summed E-state index contributed by atoms with van der Waals surface area (Å²) in [5.74, 6) is 0. The van der Waals surface area contributed by atoms with Crippen molar-refractivity contribution in [2.24, 2.45) is 32.2 Å². The number of rotatable bonds is 10. The second-order valence-electron chi connectivity index (χ2n) is 4.29. The molecule has 0 saturated heterocycles. The highest BCUT2D eigenvalue weighted by Gasteiger charge is 1.79. The third kappa shape index (κ3) is 76.4. The van der Waals surface area contributed by atoms with Crippen LogP contribution in [0.1, 0.15) is 32.6 Å². The third-order valence-corrected chi connectivity index (χ3v) is 2.20. The lowest BCUT2D eigenvalue weighted by molar-refractivity contribution is 0.684. The predicted molar refractivity (Wildman–Crippen MR) is 108 cm³/mol. The molecule has 0 atom stereocenters. The number of nitrogens with zero attached hydrogens (tertiary/aromatic N) is 3. The molecule has 0 aromatic rings. The zero-order chi connectivity index (χ0) is 18.6. The molecule has 0 heterocycles. The molecule has 7 N–H and O–H groups in total. The fourth-order valence-electron chi connectivity index (χ4n) is 0.905. The summed E-state index contributed by atoms with van der Waals surface area (Å²) in [6, 6.07) is 0. The molecule has 0 aromatic heterocycles. The number of unbranched alkanes of at least 4 members (excludes halogenated alkanes) is 2. The van der Waals surface area contributed by atoms with Crippen LogP contribution in [0.5, 0.6) is 0 Å². The van der Waals surface area contributed by atoms with Gasteiger partial charge in [0.05, 0.1) is 6.54 Å². The van der Waals surface area contributed by atoms with E-state index in [2.05, 4.69) is 33.7 Å². The average molecular weight is 332 g/mol. The fourth-order valence-corrected chi connectivity index (χ4v) is 0.905. The van der Waals surface area contributed by atoms with Gasteiger partial charge >= 0.3 is 0 Å². The van der Waals surface area contributed by atoms with Gasteiger partial charge in [-0.05, 0) is 78.9 Å². The minimum absolute atomic E-state index is 0.615. The Kier molecular flexibility index (Phi) is 55.5. The van der Waals surface area contributed by atoms with Crippen molar-refractivity contribution >= 4 is 19.6 Å². The Hall–Kier alpha value is -1.15. The highest BCUT2D eigenvalue weighted by molar-refractivity contribution is 5.52. The molecule has 0 saturated carbocycles. The van der Waals surface area contributed by atoms with Gasteiger partial charge in [-0.1, -0.05) is 0 Å². The number of aliphatic imine (C=N–C) groups is 3. The van der Waals surface area contributed by atoms with Crippen molar-refractivity contribution in [3.05, 3.63) is 0 Å². The van der Waals surface area contributed by atoms with Gasteiger partial charge in [0, 0.05) is 20.1 Å². The summed E-state index contributed by atoms with van der Waals surface area (Å²) < 4.78 is 0. The summed E-state index contributed by atoms with van der Waals surface area (Å²) in [5, 5.41) is 3.05. The van der Waals surface area contributed by atoms with Crippen LogP contribution in [-0.4, -0.2) is 73.0 Å². The first kappa shape index (κ1) is 29.8. The first-order valence-electron chi connectivity index (χ1n) is 8.13. The molecule has 0 aromatic carbocycles. The van der Waals surface area contributed by atoms with E-state index in [1.807, 2.05) is 14.0 Å². The maximum atomic E-state index is 5.24. The lowest BCUT2D eigenvalue weighted by Crippen LogP contribution is -2.09. The molecule has 7 nitrogen and oxygen atoms in total. The Balaban J connectivity index is -0.000000107. The number of nitrogens with two attached hydrogens (primary N) is 3. The molecule has 0 aliphatic carbocycles. The molecule has 23 heavy (non-hydrogen) atoms. The summed E-state index contributed by atoms with van der Waals surface area (Å²) in [6.45, 7) is 13.3. The normalized spacial score (nSPS) is 8.78. The number of nitrogens with one attached hydrogen (secondary N) is 1. The third-order valence-electron chi connectivity index (χ3n) is 2.20. The summed E-state index contributed by atoms with van der Waals surface area (Å²) in [4.78, 5) is 10.8. The quantitative estimate of drug-likeness (QED) is 0.347. The Morgan fingerprint density at radius 3 is 1.61 bits per heavy atom. The van der Waals surface area contributed by atoms with Gasteiger partial charge in [0.15, 0.2) is 0 Å². The van der Waals surface area contributed by atoms with Gasteiger partial charge in [0.2, 0.25) is 0 Å². The SMILES string of the molecule is C=NCCCCN.C=NCCN.CC=NC.CNCCCCN. The molecule has 7 heteroatoms. The molecule has 0 radical (unpaired) electrons. The van der Waals surface area contributed by atoms with Crippen molar-refractivity contribution in [3.8, 4) is 0 Å². The van der Waals surface area contributed by atoms with Crippen molar-refractivity contribution in [2.45, 2.75) is 32.6 Å². The van der Waals surface area contributed by atoms with E-state index in [-0.39, 0.29) is 0 Å². The molecule has 0 aliphatic heterocycles. The Morgan fingerprint density at radius 1 is 0.870 bits per heavy atom. The number of hydrogen-bond donors (Lipinski definition) is 4. The van der Waals surface area contributed by atoms with Gasteiger partial charge in [-0.15, -0.1) is 0 Å². The fraction of sp³-hybridized carbons (Fsp3) is 0.812. The topological polar surface area (TPSA) is 127 Å². The van der Waals surface area contributed by atoms with E-state index in [1.165, 1.54) is 6.42 Å². The van der Waals surface area contributed by atoms with Gasteiger partial charge in [0.1, 0.15) is 0 Å². The van der Waals surface area contributed by atoms with Crippen molar-refractivity contribution in [1.29, 1.82) is 0 Å². The average Bonchev–Trinajstić information content (AvgIpc) is 2.58. The van der Waals surface area contributed by atoms with E-state index >= 15 is 0 Å². The summed E-state index contributed by atoms with van der Waals surface area (Å²) in [5.41, 5.74) is 15.5. The smallest absolute Gasteiger partial charge is 0.0504 e. The summed E-state index contributed by atoms with van der Waals surface area (Å²) in [6.07, 6.45) is 6.24. The van der Waals surface area contributed by atoms with E-state index < -0.39 is 0 Å². The Morgan fingerprint density at radius 2 is 1.35 bits per heavy atom. The molecular formula is C16H41N7. The van der Waals surface area contributed by atoms with Crippen molar-refractivity contribution < 1.29 is 0 Å². The molecule has 0 bridgehead atoms. The molecule has 0 amide bonds. The van der Waals surface area contributed by atoms with Crippen LogP contribution in [0.2, 0.25) is 0 Å². The highest BCUT2D eigenvalue weighted by atomic mass is 14.8. The van der Waals surface area contributed by atoms with Crippen LogP contribution in [-0.2, 0) is 0 Å². The van der Waals surface area contributed by atoms with Crippen LogP contribution in [0, 0.1) is 0 Å². The number of hydrogen-bond acceptors (Lipinski definition) is 7. The Labute approximate surface area is 143 Å². The van der Waals surface area contributed by atoms with E-state index in [4.69, 9.17) is 17.2 Å². The predicted octanol–water partition coefficient (Wildman–Crippen LogP) is 0.723. The standard InChI is InChI=1S/C5H14N2.C5H12N2.C3H8N2.C3H7N/c2*1-7-5-3-2-4-6;1-5-3-2-4;1-3-4-2/h7H,2-6H2,1H3;1-6H2;1-4H2;3H,1-2H3. The van der Waals surface area contributed by atoms with Gasteiger partial charge in [-0.3, -0.25) is 4.99 Å². The van der Waals surface area contributed by atoms with E-state index in [0.29, 0.717) is 13.1 Å². The van der Waals surface area contributed by atoms with Gasteiger partial charge in [0.25, 0.3) is 0 Å². The molecule has 140 valence electrons. The van der Waals surface area contributed by atoms with E-state index in [0.717, 1.165) is 45.4 Å². The van der Waals surface area contributed by atoms with Crippen LogP contribution in [0.15, 0.2) is 15.0 Å². The molecular weight excluding hydrogens is 290 g/mol. The Bertz CT molecular complexity index is 201. The lowest BCUT2D eigenvalue weighted by atomic mass is 10.3.